The van der Waals surface area contributed by atoms with Crippen LogP contribution >= 0.6 is 0 Å². The summed E-state index contributed by atoms with van der Waals surface area (Å²) in [5, 5.41) is 9.00. The lowest BCUT2D eigenvalue weighted by Crippen LogP contribution is -2.30. The highest BCUT2D eigenvalue weighted by Gasteiger charge is 2.26. The molecule has 0 amide bonds. The largest absolute Gasteiger partial charge is 0.459 e. The fourth-order valence-corrected chi connectivity index (χ4v) is 3.77. The number of hydrogen-bond donors (Lipinski definition) is 0. The van der Waals surface area contributed by atoms with Crippen LogP contribution in [0.5, 0.6) is 0 Å². The number of esters is 1. The predicted molar refractivity (Wildman–Crippen MR) is 114 cm³/mol. The van der Waals surface area contributed by atoms with Gasteiger partial charge in [-0.1, -0.05) is 6.07 Å². The van der Waals surface area contributed by atoms with Crippen molar-refractivity contribution in [2.75, 3.05) is 0 Å². The van der Waals surface area contributed by atoms with Crippen LogP contribution in [0.2, 0.25) is 0 Å². The van der Waals surface area contributed by atoms with Gasteiger partial charge < -0.3 is 13.9 Å². The van der Waals surface area contributed by atoms with Crippen molar-refractivity contribution in [3.63, 3.8) is 0 Å². The maximum absolute atomic E-state index is 13.1. The molecular weight excluding hydrogens is 411 g/mol. The van der Waals surface area contributed by atoms with E-state index in [9.17, 15) is 9.18 Å². The lowest BCUT2D eigenvalue weighted by Gasteiger charge is -2.28. The van der Waals surface area contributed by atoms with Gasteiger partial charge in [0, 0.05) is 12.0 Å². The summed E-state index contributed by atoms with van der Waals surface area (Å²) in [5.41, 5.74) is 2.19. The Balaban J connectivity index is 1.33. The van der Waals surface area contributed by atoms with E-state index in [1.807, 2.05) is 13.0 Å². The number of ether oxygens (including phenoxy) is 2. The van der Waals surface area contributed by atoms with Gasteiger partial charge in [0.1, 0.15) is 23.4 Å². The van der Waals surface area contributed by atoms with Gasteiger partial charge in [0.15, 0.2) is 0 Å². The second-order valence-electron chi connectivity index (χ2n) is 7.85. The number of aromatic nitrogens is 1. The number of nitrogens with zero attached hydrogens (tertiary/aromatic N) is 2. The molecule has 1 aliphatic carbocycles. The van der Waals surface area contributed by atoms with E-state index in [1.54, 1.807) is 30.3 Å². The number of hydrogen-bond acceptors (Lipinski definition) is 6. The molecule has 0 bridgehead atoms. The first kappa shape index (κ1) is 21.7. The number of carbonyl (C=O) groups is 1. The van der Waals surface area contributed by atoms with E-state index < -0.39 is 5.97 Å². The van der Waals surface area contributed by atoms with E-state index >= 15 is 0 Å². The van der Waals surface area contributed by atoms with Gasteiger partial charge in [-0.05, 0) is 68.7 Å². The molecule has 3 aromatic rings. The quantitative estimate of drug-likeness (QED) is 0.487. The Morgan fingerprint density at radius 2 is 2.00 bits per heavy atom. The summed E-state index contributed by atoms with van der Waals surface area (Å²) in [6, 6.07) is 14.5. The van der Waals surface area contributed by atoms with E-state index in [0.29, 0.717) is 40.5 Å². The summed E-state index contributed by atoms with van der Waals surface area (Å²) in [4.78, 5) is 16.9. The van der Waals surface area contributed by atoms with Crippen LogP contribution in [-0.4, -0.2) is 23.2 Å². The number of rotatable bonds is 6. The van der Waals surface area contributed by atoms with E-state index in [1.165, 1.54) is 18.2 Å². The number of nitriles is 1. The van der Waals surface area contributed by atoms with Gasteiger partial charge in [-0.2, -0.15) is 5.26 Å². The highest BCUT2D eigenvalue weighted by molar-refractivity contribution is 5.89. The minimum absolute atomic E-state index is 0.0580. The summed E-state index contributed by atoms with van der Waals surface area (Å²) in [6.45, 7) is 2.10. The van der Waals surface area contributed by atoms with Crippen LogP contribution in [0, 0.1) is 24.1 Å². The van der Waals surface area contributed by atoms with Gasteiger partial charge in [0.05, 0.1) is 29.9 Å². The van der Waals surface area contributed by atoms with Gasteiger partial charge >= 0.3 is 5.97 Å². The first-order chi connectivity index (χ1) is 15.5. The lowest BCUT2D eigenvalue weighted by atomic mass is 9.94. The van der Waals surface area contributed by atoms with Crippen LogP contribution < -0.4 is 0 Å². The molecule has 0 saturated heterocycles. The molecule has 0 N–H and O–H groups in total. The summed E-state index contributed by atoms with van der Waals surface area (Å²) in [5.74, 6) is 0.339. The first-order valence-corrected chi connectivity index (χ1v) is 10.6. The molecule has 0 aliphatic heterocycles. The summed E-state index contributed by atoms with van der Waals surface area (Å²) in [7, 11) is 0. The minimum Gasteiger partial charge on any atom is -0.459 e. The summed E-state index contributed by atoms with van der Waals surface area (Å²) in [6.07, 6.45) is 2.85. The number of oxazole rings is 1. The fraction of sp³-hybridized carbons (Fsp3) is 0.320. The fourth-order valence-electron chi connectivity index (χ4n) is 3.77. The molecule has 6 nitrogen and oxygen atoms in total. The standard InChI is InChI=1S/C25H23FN2O4/c1-16-23(28-24(31-16)18-8-10-20(26)11-9-18)15-30-21-6-3-7-22(13-21)32-25(29)19-5-2-4-17(12-19)14-27/h2,4-5,8-12,21-22H,3,6-7,13,15H2,1H3/t21-,22+/m0/s1. The van der Waals surface area contributed by atoms with Crippen molar-refractivity contribution in [3.8, 4) is 17.5 Å². The minimum atomic E-state index is -0.427. The zero-order valence-electron chi connectivity index (χ0n) is 17.7. The summed E-state index contributed by atoms with van der Waals surface area (Å²) < 4.78 is 30.6. The van der Waals surface area contributed by atoms with E-state index in [0.717, 1.165) is 19.3 Å². The Morgan fingerprint density at radius 3 is 2.78 bits per heavy atom. The monoisotopic (exact) mass is 434 g/mol. The third-order valence-electron chi connectivity index (χ3n) is 5.52. The second-order valence-corrected chi connectivity index (χ2v) is 7.85. The van der Waals surface area contributed by atoms with Crippen LogP contribution in [0.1, 0.15) is 53.1 Å². The Labute approximate surface area is 185 Å². The van der Waals surface area contributed by atoms with Crippen LogP contribution in [-0.2, 0) is 16.1 Å². The van der Waals surface area contributed by atoms with Gasteiger partial charge in [0.25, 0.3) is 0 Å². The van der Waals surface area contributed by atoms with Crippen LogP contribution in [0.3, 0.4) is 0 Å². The second kappa shape index (κ2) is 9.75. The lowest BCUT2D eigenvalue weighted by molar-refractivity contribution is -0.0368. The molecule has 1 saturated carbocycles. The molecule has 1 aliphatic rings. The van der Waals surface area contributed by atoms with E-state index in [2.05, 4.69) is 4.98 Å². The Hall–Kier alpha value is -3.50. The number of carbonyl (C=O) groups excluding carboxylic acids is 1. The Bertz CT molecular complexity index is 1130. The van der Waals surface area contributed by atoms with Crippen LogP contribution in [0.4, 0.5) is 4.39 Å². The molecule has 7 heteroatoms. The Kier molecular flexibility index (Phi) is 6.62. The Morgan fingerprint density at radius 1 is 1.22 bits per heavy atom. The topological polar surface area (TPSA) is 85.4 Å². The number of aryl methyl sites for hydroxylation is 1. The number of halogens is 1. The molecule has 0 radical (unpaired) electrons. The molecule has 2 aromatic carbocycles. The third-order valence-corrected chi connectivity index (χ3v) is 5.52. The normalized spacial score (nSPS) is 18.2. The van der Waals surface area contributed by atoms with Crippen molar-refractivity contribution < 1.29 is 23.1 Å². The summed E-state index contributed by atoms with van der Waals surface area (Å²) >= 11 is 0. The molecule has 164 valence electrons. The van der Waals surface area contributed by atoms with Crippen molar-refractivity contribution in [1.82, 2.24) is 4.98 Å². The molecule has 0 spiro atoms. The van der Waals surface area contributed by atoms with Crippen molar-refractivity contribution in [2.24, 2.45) is 0 Å². The van der Waals surface area contributed by atoms with Crippen molar-refractivity contribution in [3.05, 3.63) is 76.9 Å². The van der Waals surface area contributed by atoms with Crippen LogP contribution in [0.15, 0.2) is 52.9 Å². The molecule has 1 aromatic heterocycles. The van der Waals surface area contributed by atoms with Gasteiger partial charge in [0.2, 0.25) is 5.89 Å². The predicted octanol–water partition coefficient (Wildman–Crippen LogP) is 5.35. The van der Waals surface area contributed by atoms with E-state index in [4.69, 9.17) is 19.2 Å². The van der Waals surface area contributed by atoms with E-state index in [-0.39, 0.29) is 24.6 Å². The molecule has 1 heterocycles. The maximum atomic E-state index is 13.1. The number of benzene rings is 2. The van der Waals surface area contributed by atoms with Crippen LogP contribution in [0.25, 0.3) is 11.5 Å². The molecule has 32 heavy (non-hydrogen) atoms. The zero-order chi connectivity index (χ0) is 22.5. The average molecular weight is 434 g/mol. The highest BCUT2D eigenvalue weighted by atomic mass is 19.1. The van der Waals surface area contributed by atoms with Gasteiger partial charge in [-0.25, -0.2) is 14.2 Å². The zero-order valence-corrected chi connectivity index (χ0v) is 17.7. The third kappa shape index (κ3) is 5.21. The molecule has 2 atom stereocenters. The molecule has 1 fully saturated rings. The molecular formula is C25H23FN2O4. The SMILES string of the molecule is Cc1oc(-c2ccc(F)cc2)nc1CO[C@H]1CCC[C@@H](OC(=O)c2cccc(C#N)c2)C1. The first-order valence-electron chi connectivity index (χ1n) is 10.6. The highest BCUT2D eigenvalue weighted by Crippen LogP contribution is 2.27. The van der Waals surface area contributed by atoms with Crippen molar-refractivity contribution >= 4 is 5.97 Å². The molecule has 4 rings (SSSR count). The van der Waals surface area contributed by atoms with Crippen molar-refractivity contribution in [2.45, 2.75) is 51.4 Å². The van der Waals surface area contributed by atoms with Gasteiger partial charge in [-0.3, -0.25) is 0 Å². The van der Waals surface area contributed by atoms with Crippen molar-refractivity contribution in [1.29, 1.82) is 5.26 Å². The maximum Gasteiger partial charge on any atom is 0.338 e. The average Bonchev–Trinajstić information content (AvgIpc) is 3.19. The molecule has 0 unspecified atom stereocenters. The van der Waals surface area contributed by atoms with Gasteiger partial charge in [-0.15, -0.1) is 0 Å². The smallest absolute Gasteiger partial charge is 0.338 e.